The van der Waals surface area contributed by atoms with E-state index in [0.717, 1.165) is 38.6 Å². The summed E-state index contributed by atoms with van der Waals surface area (Å²) in [5.74, 6) is 0. The van der Waals surface area contributed by atoms with Crippen molar-refractivity contribution >= 4 is 6.29 Å². The maximum Gasteiger partial charge on any atom is 0.120 e. The van der Waals surface area contributed by atoms with Crippen molar-refractivity contribution in [2.45, 2.75) is 31.2 Å². The Morgan fingerprint density at radius 1 is 1.36 bits per heavy atom. The number of aldehydes is 1. The van der Waals surface area contributed by atoms with Crippen LogP contribution in [0, 0.1) is 0 Å². The standard InChI is InChI=1S/C9H18N2O.CH5N/c1-11-6-4-9(10,5-7-11)3-2-8-12;1-2/h8H,2-7,10H2,1H3;2H2,1H3. The summed E-state index contributed by atoms with van der Waals surface area (Å²) in [7, 11) is 3.61. The zero-order chi connectivity index (χ0) is 11.0. The highest BCUT2D eigenvalue weighted by atomic mass is 16.1. The quantitative estimate of drug-likeness (QED) is 0.629. The van der Waals surface area contributed by atoms with E-state index in [-0.39, 0.29) is 5.54 Å². The fourth-order valence-electron chi connectivity index (χ4n) is 1.66. The van der Waals surface area contributed by atoms with Crippen molar-refractivity contribution in [1.82, 2.24) is 4.90 Å². The van der Waals surface area contributed by atoms with Gasteiger partial charge in [-0.3, -0.25) is 0 Å². The molecular weight excluding hydrogens is 178 g/mol. The molecule has 84 valence electrons. The highest BCUT2D eigenvalue weighted by molar-refractivity contribution is 5.49. The van der Waals surface area contributed by atoms with Crippen LogP contribution in [0.1, 0.15) is 25.7 Å². The molecular formula is C10H23N3O. The summed E-state index contributed by atoms with van der Waals surface area (Å²) in [6, 6.07) is 0. The molecule has 4 heteroatoms. The number of carbonyl (C=O) groups excluding carboxylic acids is 1. The van der Waals surface area contributed by atoms with Crippen LogP contribution in [0.2, 0.25) is 0 Å². The lowest BCUT2D eigenvalue weighted by Crippen LogP contribution is -2.49. The van der Waals surface area contributed by atoms with Crippen molar-refractivity contribution in [1.29, 1.82) is 0 Å². The minimum atomic E-state index is -0.0621. The van der Waals surface area contributed by atoms with Crippen LogP contribution >= 0.6 is 0 Å². The number of carbonyl (C=O) groups is 1. The second kappa shape index (κ2) is 6.92. The van der Waals surface area contributed by atoms with E-state index in [1.807, 2.05) is 0 Å². The van der Waals surface area contributed by atoms with Gasteiger partial charge in [0.15, 0.2) is 0 Å². The predicted octanol–water partition coefficient (Wildman–Crippen LogP) is -0.0365. The number of piperidine rings is 1. The monoisotopic (exact) mass is 201 g/mol. The van der Waals surface area contributed by atoms with Gasteiger partial charge in [0.25, 0.3) is 0 Å². The molecule has 0 radical (unpaired) electrons. The molecule has 1 fully saturated rings. The molecule has 1 aliphatic rings. The zero-order valence-corrected chi connectivity index (χ0v) is 9.33. The van der Waals surface area contributed by atoms with Gasteiger partial charge in [0, 0.05) is 12.0 Å². The second-order valence-electron chi connectivity index (χ2n) is 3.87. The summed E-state index contributed by atoms with van der Waals surface area (Å²) in [6.45, 7) is 2.13. The van der Waals surface area contributed by atoms with E-state index in [0.29, 0.717) is 6.42 Å². The Balaban J connectivity index is 0.000000791. The molecule has 0 unspecified atom stereocenters. The van der Waals surface area contributed by atoms with Gasteiger partial charge in [0.2, 0.25) is 0 Å². The molecule has 0 aromatic heterocycles. The molecule has 0 spiro atoms. The highest BCUT2D eigenvalue weighted by Crippen LogP contribution is 2.22. The third-order valence-corrected chi connectivity index (χ3v) is 2.74. The Kier molecular flexibility index (Phi) is 6.70. The minimum absolute atomic E-state index is 0.0621. The van der Waals surface area contributed by atoms with E-state index in [2.05, 4.69) is 17.7 Å². The fourth-order valence-corrected chi connectivity index (χ4v) is 1.66. The second-order valence-corrected chi connectivity index (χ2v) is 3.87. The number of nitrogens with two attached hydrogens (primary N) is 2. The maximum atomic E-state index is 10.2. The van der Waals surface area contributed by atoms with Crippen LogP contribution in [0.5, 0.6) is 0 Å². The summed E-state index contributed by atoms with van der Waals surface area (Å²) >= 11 is 0. The SMILES string of the molecule is CN.CN1CCC(N)(CCC=O)CC1. The van der Waals surface area contributed by atoms with Gasteiger partial charge in [-0.25, -0.2) is 0 Å². The Hall–Kier alpha value is -0.450. The Morgan fingerprint density at radius 3 is 2.29 bits per heavy atom. The van der Waals surface area contributed by atoms with Crippen LogP contribution in [0.4, 0.5) is 0 Å². The molecule has 1 saturated heterocycles. The molecule has 0 aromatic rings. The molecule has 0 aliphatic carbocycles. The molecule has 1 heterocycles. The molecule has 0 amide bonds. The van der Waals surface area contributed by atoms with E-state index < -0.39 is 0 Å². The van der Waals surface area contributed by atoms with Crippen molar-refractivity contribution < 1.29 is 4.79 Å². The zero-order valence-electron chi connectivity index (χ0n) is 9.33. The highest BCUT2D eigenvalue weighted by Gasteiger charge is 2.28. The van der Waals surface area contributed by atoms with Crippen molar-refractivity contribution in [3.05, 3.63) is 0 Å². The Morgan fingerprint density at radius 2 is 1.86 bits per heavy atom. The van der Waals surface area contributed by atoms with E-state index in [4.69, 9.17) is 5.73 Å². The lowest BCUT2D eigenvalue weighted by molar-refractivity contribution is -0.108. The van der Waals surface area contributed by atoms with Crippen LogP contribution in [0.25, 0.3) is 0 Å². The third kappa shape index (κ3) is 4.69. The molecule has 1 aliphatic heterocycles. The maximum absolute atomic E-state index is 10.2. The van der Waals surface area contributed by atoms with Gasteiger partial charge < -0.3 is 21.2 Å². The third-order valence-electron chi connectivity index (χ3n) is 2.74. The van der Waals surface area contributed by atoms with Crippen LogP contribution in [-0.4, -0.2) is 43.9 Å². The van der Waals surface area contributed by atoms with Crippen LogP contribution in [-0.2, 0) is 4.79 Å². The van der Waals surface area contributed by atoms with E-state index >= 15 is 0 Å². The lowest BCUT2D eigenvalue weighted by atomic mass is 9.85. The van der Waals surface area contributed by atoms with Crippen LogP contribution in [0.15, 0.2) is 0 Å². The summed E-state index contributed by atoms with van der Waals surface area (Å²) in [5, 5.41) is 0. The minimum Gasteiger partial charge on any atom is -0.333 e. The van der Waals surface area contributed by atoms with E-state index in [1.165, 1.54) is 7.05 Å². The number of rotatable bonds is 3. The van der Waals surface area contributed by atoms with Crippen LogP contribution < -0.4 is 11.5 Å². The fraction of sp³-hybridized carbons (Fsp3) is 0.900. The largest absolute Gasteiger partial charge is 0.333 e. The molecule has 0 aromatic carbocycles. The number of nitrogens with zero attached hydrogens (tertiary/aromatic N) is 1. The molecule has 1 rings (SSSR count). The van der Waals surface area contributed by atoms with Gasteiger partial charge in [0.1, 0.15) is 6.29 Å². The molecule has 0 bridgehead atoms. The Bertz CT molecular complexity index is 153. The summed E-state index contributed by atoms with van der Waals surface area (Å²) in [6.07, 6.45) is 4.48. The molecule has 4 N–H and O–H groups in total. The molecule has 4 nitrogen and oxygen atoms in total. The van der Waals surface area contributed by atoms with Crippen LogP contribution in [0.3, 0.4) is 0 Å². The van der Waals surface area contributed by atoms with Gasteiger partial charge in [0.05, 0.1) is 0 Å². The smallest absolute Gasteiger partial charge is 0.120 e. The van der Waals surface area contributed by atoms with Crippen molar-refractivity contribution in [2.75, 3.05) is 27.2 Å². The molecule has 0 saturated carbocycles. The van der Waals surface area contributed by atoms with Gasteiger partial charge >= 0.3 is 0 Å². The summed E-state index contributed by atoms with van der Waals surface area (Å²) < 4.78 is 0. The molecule has 14 heavy (non-hydrogen) atoms. The predicted molar refractivity (Wildman–Crippen MR) is 59.1 cm³/mol. The normalized spacial score (nSPS) is 20.9. The molecule has 0 atom stereocenters. The number of hydrogen-bond donors (Lipinski definition) is 2. The first-order valence-corrected chi connectivity index (χ1v) is 5.15. The number of likely N-dealkylation sites (tertiary alicyclic amines) is 1. The van der Waals surface area contributed by atoms with E-state index in [9.17, 15) is 4.79 Å². The Labute approximate surface area is 86.6 Å². The topological polar surface area (TPSA) is 72.3 Å². The average Bonchev–Trinajstić information content (AvgIpc) is 2.23. The van der Waals surface area contributed by atoms with Crippen molar-refractivity contribution in [3.8, 4) is 0 Å². The summed E-state index contributed by atoms with van der Waals surface area (Å²) in [4.78, 5) is 12.5. The van der Waals surface area contributed by atoms with Gasteiger partial charge in [-0.2, -0.15) is 0 Å². The average molecular weight is 201 g/mol. The van der Waals surface area contributed by atoms with Gasteiger partial charge in [-0.05, 0) is 46.4 Å². The van der Waals surface area contributed by atoms with Crippen molar-refractivity contribution in [2.24, 2.45) is 11.5 Å². The van der Waals surface area contributed by atoms with Crippen molar-refractivity contribution in [3.63, 3.8) is 0 Å². The first-order valence-electron chi connectivity index (χ1n) is 5.15. The van der Waals surface area contributed by atoms with Gasteiger partial charge in [-0.1, -0.05) is 0 Å². The summed E-state index contributed by atoms with van der Waals surface area (Å²) in [5.41, 5.74) is 10.6. The lowest BCUT2D eigenvalue weighted by Gasteiger charge is -2.37. The first-order chi connectivity index (χ1) is 6.66. The van der Waals surface area contributed by atoms with E-state index in [1.54, 1.807) is 0 Å². The number of hydrogen-bond acceptors (Lipinski definition) is 4. The first kappa shape index (κ1) is 13.5. The van der Waals surface area contributed by atoms with Gasteiger partial charge in [-0.15, -0.1) is 0 Å².